The van der Waals surface area contributed by atoms with Crippen molar-refractivity contribution in [2.45, 2.75) is 61.7 Å². The van der Waals surface area contributed by atoms with E-state index in [1.807, 2.05) is 0 Å². The molecule has 32 heteroatoms. The van der Waals surface area contributed by atoms with E-state index in [-0.39, 0.29) is 151 Å². The molecule has 6 heterocycles. The maximum atomic E-state index is 16.2. The van der Waals surface area contributed by atoms with Crippen molar-refractivity contribution >= 4 is 102 Å². The zero-order chi connectivity index (χ0) is 76.1. The second kappa shape index (κ2) is 27.7. The molecule has 0 N–H and O–H groups in total. The first-order valence-corrected chi connectivity index (χ1v) is 33.4. The van der Waals surface area contributed by atoms with Gasteiger partial charge in [-0.2, -0.15) is 26.3 Å². The smallest absolute Gasteiger partial charge is 0.391 e. The predicted molar refractivity (Wildman–Crippen MR) is 361 cm³/mol. The van der Waals surface area contributed by atoms with Crippen LogP contribution in [0.2, 0.25) is 0 Å². The van der Waals surface area contributed by atoms with Gasteiger partial charge in [-0.25, -0.2) is 19.2 Å². The first-order chi connectivity index (χ1) is 51.7. The van der Waals surface area contributed by atoms with Gasteiger partial charge in [-0.1, -0.05) is 0 Å². The normalized spacial score (nSPS) is 18.2. The van der Waals surface area contributed by atoms with Gasteiger partial charge < -0.3 is 66.6 Å². The highest BCUT2D eigenvalue weighted by atomic mass is 19.4. The van der Waals surface area contributed by atoms with Crippen LogP contribution in [0.15, 0.2) is 121 Å². The lowest BCUT2D eigenvalue weighted by atomic mass is 9.80. The van der Waals surface area contributed by atoms with E-state index in [1.165, 1.54) is 97.1 Å². The van der Waals surface area contributed by atoms with E-state index in [2.05, 4.69) is 0 Å². The number of rotatable bonds is 26. The molecular formula is C76H58F6N4O22. The number of benzene rings is 9. The van der Waals surface area contributed by atoms with Crippen molar-refractivity contribution in [3.8, 4) is 46.0 Å². The molecule has 26 nitrogen and oxygen atoms in total. The topological polar surface area (TPSA) is 308 Å². The second-order valence-corrected chi connectivity index (χ2v) is 26.1. The first kappa shape index (κ1) is 71.6. The fourth-order valence-electron chi connectivity index (χ4n) is 13.7. The number of fused-ring (bicyclic) bond motifs is 2. The Morgan fingerprint density at radius 1 is 0.370 bits per heavy atom. The highest BCUT2D eigenvalue weighted by Crippen LogP contribution is 2.58. The second-order valence-electron chi connectivity index (χ2n) is 26.1. The molecule has 0 radical (unpaired) electrons. The van der Waals surface area contributed by atoms with Gasteiger partial charge in [-0.05, 0) is 121 Å². The van der Waals surface area contributed by atoms with Crippen LogP contribution in [0.1, 0.15) is 95.7 Å². The van der Waals surface area contributed by atoms with E-state index in [9.17, 15) is 19.2 Å². The Morgan fingerprint density at radius 2 is 0.583 bits per heavy atom. The van der Waals surface area contributed by atoms with Crippen LogP contribution in [-0.2, 0) is 47.5 Å². The quantitative estimate of drug-likeness (QED) is 0.00925. The number of hydrogen-bond acceptors (Lipinski definition) is 22. The summed E-state index contributed by atoms with van der Waals surface area (Å²) in [6.45, 7) is -0.521. The van der Waals surface area contributed by atoms with Crippen LogP contribution in [0, 0.1) is 0 Å². The highest BCUT2D eigenvalue weighted by molar-refractivity contribution is 6.45. The Morgan fingerprint density at radius 3 is 0.769 bits per heavy atom. The van der Waals surface area contributed by atoms with Crippen molar-refractivity contribution in [2.24, 2.45) is 0 Å². The standard InChI is InChI=1S/C76H58F6N4O22/c1-97-71(93)35-5-13-39(14-6-35)105-53-21-47-57-48(66(88)85(65(47)87)51(25-75(77,78)79)69(91)83(27-43-31-101-43)28-44-32-102-44)23-55(107-41-17-9-37(10-18-41)73(95)99-3)61-62-56(108-42-19-11-38(12-20-42)74(96)100-4)24-50-58-49(22-54(60(64(58)62)59(53)63(57)61)106-40-15-7-36(8-16-40)72(94)98-2)67(89)86(68(50)90)52(26-76(80,81)82)70(92)84(29-45-33-103-45)30-46-34-104-46/h5-24,43-46,51-52H,25-34H2,1-4H3. The monoisotopic (exact) mass is 1490 g/mol. The summed E-state index contributed by atoms with van der Waals surface area (Å²) in [6.07, 6.45) is -17.2. The van der Waals surface area contributed by atoms with E-state index >= 15 is 55.1 Å². The SMILES string of the molecule is COC(=O)c1ccc(Oc2cc3c4c(cc(Oc5ccc(C(=O)OC)cc5)c5c6c(Oc7ccc(C(=O)OC)cc7)cc7c8c(cc(Oc9ccc(C(=O)OC)cc9)c(c2c45)c86)C(=O)N(C(CC(F)(F)F)C(=O)N(CC2CO2)CC2CO2)C7=O)C(=O)N(C(CC(F)(F)F)C(=O)N(CC2CO2)CC2CO2)C3=O)cc1. The largest absolute Gasteiger partial charge is 0.465 e. The molecule has 0 bridgehead atoms. The number of ether oxygens (including phenoxy) is 12. The zero-order valence-corrected chi connectivity index (χ0v) is 57.1. The van der Waals surface area contributed by atoms with Gasteiger partial charge in [0, 0.05) is 69.3 Å². The average Bonchev–Trinajstić information content (AvgIpc) is 0.991. The molecule has 0 saturated carbocycles. The Hall–Kier alpha value is -12.0. The number of nitrogens with zero attached hydrogens (tertiary/aromatic N) is 4. The van der Waals surface area contributed by atoms with Gasteiger partial charge in [0.1, 0.15) is 58.1 Å². The molecule has 556 valence electrons. The van der Waals surface area contributed by atoms with Crippen molar-refractivity contribution in [1.82, 2.24) is 19.6 Å². The molecule has 108 heavy (non-hydrogen) atoms. The maximum absolute atomic E-state index is 16.2. The lowest BCUT2D eigenvalue weighted by molar-refractivity contribution is -0.159. The first-order valence-electron chi connectivity index (χ1n) is 33.4. The lowest BCUT2D eigenvalue weighted by Gasteiger charge is -2.37. The van der Waals surface area contributed by atoms with Crippen LogP contribution >= 0.6 is 0 Å². The summed E-state index contributed by atoms with van der Waals surface area (Å²) in [5, 5.41) is -2.33. The summed E-state index contributed by atoms with van der Waals surface area (Å²) < 4.78 is 162. The van der Waals surface area contributed by atoms with Gasteiger partial charge in [0.05, 0.1) is 137 Å². The van der Waals surface area contributed by atoms with Gasteiger partial charge in [0.2, 0.25) is 11.8 Å². The van der Waals surface area contributed by atoms with E-state index in [1.54, 1.807) is 0 Å². The fraction of sp³-hybridized carbons (Fsp3) is 0.289. The number of alkyl halides is 6. The number of epoxide rings is 4. The number of esters is 4. The Balaban J connectivity index is 1.08. The van der Waals surface area contributed by atoms with Gasteiger partial charge in [-0.15, -0.1) is 0 Å². The molecule has 15 rings (SSSR count). The highest BCUT2D eigenvalue weighted by Gasteiger charge is 2.53. The van der Waals surface area contributed by atoms with Gasteiger partial charge in [0.25, 0.3) is 23.6 Å². The van der Waals surface area contributed by atoms with Crippen LogP contribution in [0.5, 0.6) is 46.0 Å². The van der Waals surface area contributed by atoms with E-state index in [4.69, 9.17) is 56.8 Å². The van der Waals surface area contributed by atoms with Crippen LogP contribution in [-0.4, -0.2) is 209 Å². The van der Waals surface area contributed by atoms with E-state index in [0.29, 0.717) is 0 Å². The Kier molecular flexibility index (Phi) is 18.4. The third-order valence-electron chi connectivity index (χ3n) is 18.9. The Bertz CT molecular complexity index is 4650. The molecule has 0 spiro atoms. The van der Waals surface area contributed by atoms with Crippen LogP contribution in [0.25, 0.3) is 43.1 Å². The minimum atomic E-state index is -5.27. The van der Waals surface area contributed by atoms with Gasteiger partial charge >= 0.3 is 36.2 Å². The summed E-state index contributed by atoms with van der Waals surface area (Å²) in [4.78, 5) is 149. The summed E-state index contributed by atoms with van der Waals surface area (Å²) in [5.74, 6) is -14.3. The average molecular weight is 1490 g/mol. The van der Waals surface area contributed by atoms with Gasteiger partial charge in [0.15, 0.2) is 0 Å². The molecule has 9 aromatic rings. The number of methoxy groups -OCH3 is 4. The molecule has 6 unspecified atom stereocenters. The Labute approximate surface area is 605 Å². The number of carbonyl (C=O) groups excluding carboxylic acids is 10. The van der Waals surface area contributed by atoms with Crippen LogP contribution < -0.4 is 18.9 Å². The van der Waals surface area contributed by atoms with E-state index in [0.717, 1.165) is 62.5 Å². The number of carbonyl (C=O) groups is 10. The third-order valence-corrected chi connectivity index (χ3v) is 18.9. The van der Waals surface area contributed by atoms with Crippen LogP contribution in [0.4, 0.5) is 26.3 Å². The molecule has 6 atom stereocenters. The minimum absolute atomic E-state index is 0.00734. The van der Waals surface area contributed by atoms with Crippen molar-refractivity contribution in [3.63, 3.8) is 0 Å². The molecule has 0 aromatic heterocycles. The third kappa shape index (κ3) is 13.9. The molecule has 9 aromatic carbocycles. The van der Waals surface area contributed by atoms with Crippen LogP contribution in [0.3, 0.4) is 0 Å². The molecular weight excluding hydrogens is 1430 g/mol. The van der Waals surface area contributed by atoms with E-state index < -0.39 is 166 Å². The van der Waals surface area contributed by atoms with Crippen molar-refractivity contribution in [3.05, 3.63) is 166 Å². The molecule has 4 fully saturated rings. The number of halogens is 6. The fourth-order valence-corrected chi connectivity index (χ4v) is 13.7. The minimum Gasteiger partial charge on any atom is -0.465 e. The molecule has 0 aliphatic carbocycles. The maximum Gasteiger partial charge on any atom is 0.391 e. The molecule has 6 aliphatic heterocycles. The summed E-state index contributed by atoms with van der Waals surface area (Å²) in [7, 11) is 4.50. The summed E-state index contributed by atoms with van der Waals surface area (Å²) >= 11 is 0. The predicted octanol–water partition coefficient (Wildman–Crippen LogP) is 11.1. The molecule has 6 amide bonds. The van der Waals surface area contributed by atoms with Crippen molar-refractivity contribution in [1.29, 1.82) is 0 Å². The lowest BCUT2D eigenvalue weighted by Crippen LogP contribution is -2.57. The summed E-state index contributed by atoms with van der Waals surface area (Å²) in [5.41, 5.74) is -2.44. The molecule has 6 aliphatic rings. The number of hydrogen-bond donors (Lipinski definition) is 0. The number of imide groups is 2. The van der Waals surface area contributed by atoms with Crippen molar-refractivity contribution in [2.75, 3.05) is 81.0 Å². The number of amides is 6. The zero-order valence-electron chi connectivity index (χ0n) is 57.1. The summed E-state index contributed by atoms with van der Waals surface area (Å²) in [6, 6.07) is 19.6. The van der Waals surface area contributed by atoms with Gasteiger partial charge in [-0.3, -0.25) is 38.6 Å². The molecule has 4 saturated heterocycles. The van der Waals surface area contributed by atoms with Crippen molar-refractivity contribution < 1.29 is 131 Å².